The molecule has 3 N–H and O–H groups in total. The van der Waals surface area contributed by atoms with Gasteiger partial charge in [-0.25, -0.2) is 0 Å². The number of carbonyl (C=O) groups is 1. The average Bonchev–Trinajstić information content (AvgIpc) is 2.96. The fourth-order valence-corrected chi connectivity index (χ4v) is 5.47. The van der Waals surface area contributed by atoms with Crippen molar-refractivity contribution in [1.29, 1.82) is 0 Å². The predicted octanol–water partition coefficient (Wildman–Crippen LogP) is 10.3. The second-order valence-corrected chi connectivity index (χ2v) is 12.3. The Kier molecular flexibility index (Phi) is 31.9. The third-order valence-electron chi connectivity index (χ3n) is 8.28. The molecule has 0 aromatic heterocycles. The van der Waals surface area contributed by atoms with Crippen molar-refractivity contribution in [2.75, 3.05) is 6.61 Å². The molecule has 4 heteroatoms. The molecule has 238 valence electrons. The van der Waals surface area contributed by atoms with Gasteiger partial charge in [0, 0.05) is 6.42 Å². The summed E-state index contributed by atoms with van der Waals surface area (Å²) in [6, 6.07) is -0.532. The third kappa shape index (κ3) is 28.7. The number of unbranched alkanes of at least 4 members (excludes halogenated alkanes) is 23. The van der Waals surface area contributed by atoms with Crippen molar-refractivity contribution in [3.8, 4) is 0 Å². The predicted molar refractivity (Wildman–Crippen MR) is 175 cm³/mol. The molecule has 0 aliphatic heterocycles. The highest BCUT2D eigenvalue weighted by atomic mass is 16.3. The van der Waals surface area contributed by atoms with Crippen molar-refractivity contribution in [2.45, 2.75) is 206 Å². The van der Waals surface area contributed by atoms with E-state index in [1.165, 1.54) is 141 Å². The van der Waals surface area contributed by atoms with Crippen molar-refractivity contribution < 1.29 is 15.0 Å². The van der Waals surface area contributed by atoms with Gasteiger partial charge in [-0.3, -0.25) is 4.79 Å². The number of amides is 1. The number of nitrogens with one attached hydrogen (secondary N) is 1. The lowest BCUT2D eigenvalue weighted by Gasteiger charge is -2.22. The molecule has 1 amide bonds. The summed E-state index contributed by atoms with van der Waals surface area (Å²) in [5.74, 6) is -0.0375. The third-order valence-corrected chi connectivity index (χ3v) is 8.28. The zero-order valence-electron chi connectivity index (χ0n) is 27.1. The highest BCUT2D eigenvalue weighted by Crippen LogP contribution is 2.14. The molecule has 0 aliphatic carbocycles. The lowest BCUT2D eigenvalue weighted by molar-refractivity contribution is -0.123. The van der Waals surface area contributed by atoms with Crippen LogP contribution in [0.15, 0.2) is 12.2 Å². The van der Waals surface area contributed by atoms with Crippen molar-refractivity contribution in [1.82, 2.24) is 5.32 Å². The van der Waals surface area contributed by atoms with Gasteiger partial charge in [-0.1, -0.05) is 161 Å². The van der Waals surface area contributed by atoms with Crippen LogP contribution in [-0.2, 0) is 4.79 Å². The van der Waals surface area contributed by atoms with E-state index in [9.17, 15) is 15.0 Å². The van der Waals surface area contributed by atoms with Crippen LogP contribution in [0.1, 0.15) is 194 Å². The topological polar surface area (TPSA) is 69.6 Å². The molecule has 0 aromatic carbocycles. The van der Waals surface area contributed by atoms with E-state index in [-0.39, 0.29) is 12.5 Å². The van der Waals surface area contributed by atoms with Crippen molar-refractivity contribution >= 4 is 5.91 Å². The van der Waals surface area contributed by atoms with Gasteiger partial charge in [-0.05, 0) is 38.5 Å². The van der Waals surface area contributed by atoms with Crippen LogP contribution < -0.4 is 5.32 Å². The van der Waals surface area contributed by atoms with Crippen LogP contribution in [-0.4, -0.2) is 34.9 Å². The summed E-state index contributed by atoms with van der Waals surface area (Å²) in [6.45, 7) is 4.33. The maximum atomic E-state index is 12.3. The zero-order chi connectivity index (χ0) is 29.4. The van der Waals surface area contributed by atoms with Crippen LogP contribution in [0, 0.1) is 0 Å². The Labute approximate surface area is 250 Å². The van der Waals surface area contributed by atoms with Crippen molar-refractivity contribution in [2.24, 2.45) is 0 Å². The first kappa shape index (κ1) is 39.1. The van der Waals surface area contributed by atoms with Crippen LogP contribution in [0.25, 0.3) is 0 Å². The van der Waals surface area contributed by atoms with E-state index < -0.39 is 12.1 Å². The molecular formula is C36H71NO3. The smallest absolute Gasteiger partial charge is 0.220 e. The normalized spacial score (nSPS) is 13.2. The highest BCUT2D eigenvalue weighted by molar-refractivity contribution is 5.76. The molecule has 0 saturated carbocycles. The largest absolute Gasteiger partial charge is 0.394 e. The van der Waals surface area contributed by atoms with E-state index in [1.54, 1.807) is 0 Å². The second-order valence-electron chi connectivity index (χ2n) is 12.3. The minimum atomic E-state index is -0.654. The van der Waals surface area contributed by atoms with Gasteiger partial charge in [-0.15, -0.1) is 0 Å². The van der Waals surface area contributed by atoms with E-state index in [4.69, 9.17) is 0 Å². The Bertz CT molecular complexity index is 536. The molecule has 0 rings (SSSR count). The van der Waals surface area contributed by atoms with E-state index >= 15 is 0 Å². The lowest BCUT2D eigenvalue weighted by Crippen LogP contribution is -2.45. The Morgan fingerprint density at radius 1 is 0.575 bits per heavy atom. The first-order valence-corrected chi connectivity index (χ1v) is 17.9. The summed E-state index contributed by atoms with van der Waals surface area (Å²) in [4.78, 5) is 12.3. The fraction of sp³-hybridized carbons (Fsp3) is 0.917. The Morgan fingerprint density at radius 2 is 0.950 bits per heavy atom. The average molecular weight is 566 g/mol. The summed E-state index contributed by atoms with van der Waals surface area (Å²) in [7, 11) is 0. The van der Waals surface area contributed by atoms with Gasteiger partial charge in [0.25, 0.3) is 0 Å². The monoisotopic (exact) mass is 566 g/mol. The minimum Gasteiger partial charge on any atom is -0.394 e. The lowest BCUT2D eigenvalue weighted by atomic mass is 10.0. The van der Waals surface area contributed by atoms with Crippen LogP contribution in [0.4, 0.5) is 0 Å². The summed E-state index contributed by atoms with van der Waals surface area (Å²) in [5, 5.41) is 22.9. The number of carbonyl (C=O) groups excluding carboxylic acids is 1. The number of rotatable bonds is 32. The molecule has 40 heavy (non-hydrogen) atoms. The number of aliphatic hydroxyl groups is 2. The van der Waals surface area contributed by atoms with Gasteiger partial charge < -0.3 is 15.5 Å². The minimum absolute atomic E-state index is 0.0375. The Balaban J connectivity index is 3.54. The Hall–Kier alpha value is -0.870. The quantitative estimate of drug-likeness (QED) is 0.0561. The van der Waals surface area contributed by atoms with Crippen LogP contribution in [0.2, 0.25) is 0 Å². The summed E-state index contributed by atoms with van der Waals surface area (Å²) < 4.78 is 0. The number of allylic oxidation sites excluding steroid dienone is 2. The highest BCUT2D eigenvalue weighted by Gasteiger charge is 2.19. The van der Waals surface area contributed by atoms with Gasteiger partial charge >= 0.3 is 0 Å². The van der Waals surface area contributed by atoms with Gasteiger partial charge in [0.1, 0.15) is 0 Å². The van der Waals surface area contributed by atoms with Crippen molar-refractivity contribution in [3.63, 3.8) is 0 Å². The zero-order valence-corrected chi connectivity index (χ0v) is 27.1. The molecule has 0 bridgehead atoms. The molecule has 0 aliphatic rings. The van der Waals surface area contributed by atoms with Gasteiger partial charge in [0.05, 0.1) is 18.8 Å². The van der Waals surface area contributed by atoms with E-state index in [0.717, 1.165) is 25.7 Å². The Morgan fingerprint density at radius 3 is 1.38 bits per heavy atom. The van der Waals surface area contributed by atoms with Crippen molar-refractivity contribution in [3.05, 3.63) is 12.2 Å². The number of aliphatic hydroxyl groups excluding tert-OH is 2. The van der Waals surface area contributed by atoms with E-state index in [0.29, 0.717) is 12.8 Å². The molecular weight excluding hydrogens is 494 g/mol. The maximum Gasteiger partial charge on any atom is 0.220 e. The summed E-state index contributed by atoms with van der Waals surface area (Å²) >= 11 is 0. The molecule has 0 fully saturated rings. The molecule has 0 aromatic rings. The standard InChI is InChI=1S/C36H71NO3/c1-3-5-7-9-11-13-15-16-17-18-19-20-21-22-24-26-28-30-32-36(40)37-34(33-38)35(39)31-29-27-25-23-14-12-10-8-6-4-2/h17-18,34-35,38-39H,3-16,19-33H2,1-2H3,(H,37,40)/b18-17-. The van der Waals surface area contributed by atoms with E-state index in [2.05, 4.69) is 31.3 Å². The molecule has 0 spiro atoms. The molecule has 0 saturated heterocycles. The van der Waals surface area contributed by atoms with Crippen LogP contribution >= 0.6 is 0 Å². The summed E-state index contributed by atoms with van der Waals surface area (Å²) in [6.07, 6.45) is 38.3. The van der Waals surface area contributed by atoms with E-state index in [1.807, 2.05) is 0 Å². The summed E-state index contributed by atoms with van der Waals surface area (Å²) in [5.41, 5.74) is 0. The fourth-order valence-electron chi connectivity index (χ4n) is 5.47. The van der Waals surface area contributed by atoms with Crippen LogP contribution in [0.3, 0.4) is 0 Å². The number of hydrogen-bond acceptors (Lipinski definition) is 3. The molecule has 2 unspecified atom stereocenters. The second kappa shape index (κ2) is 32.6. The molecule has 0 radical (unpaired) electrons. The van der Waals surface area contributed by atoms with Crippen LogP contribution in [0.5, 0.6) is 0 Å². The maximum absolute atomic E-state index is 12.3. The molecule has 2 atom stereocenters. The first-order chi connectivity index (χ1) is 19.7. The SMILES string of the molecule is CCCCCCCCC/C=C\CCCCCCCCCC(=O)NC(CO)C(O)CCCCCCCCCCCC. The van der Waals surface area contributed by atoms with Gasteiger partial charge in [0.2, 0.25) is 5.91 Å². The molecule has 4 nitrogen and oxygen atoms in total. The van der Waals surface area contributed by atoms with Gasteiger partial charge in [-0.2, -0.15) is 0 Å². The van der Waals surface area contributed by atoms with Gasteiger partial charge in [0.15, 0.2) is 0 Å². The first-order valence-electron chi connectivity index (χ1n) is 17.9. The number of hydrogen-bond donors (Lipinski definition) is 3. The molecule has 0 heterocycles.